The summed E-state index contributed by atoms with van der Waals surface area (Å²) in [5, 5.41) is 0. The van der Waals surface area contributed by atoms with Crippen LogP contribution in [0.25, 0.3) is 16.8 Å². The molecule has 0 N–H and O–H groups in total. The minimum Gasteiger partial charge on any atom is -0.577 e. The van der Waals surface area contributed by atoms with E-state index in [1.165, 1.54) is 0 Å². The van der Waals surface area contributed by atoms with Crippen LogP contribution in [0.15, 0.2) is 0 Å². The monoisotopic (exact) mass is 146 g/mol. The summed E-state index contributed by atoms with van der Waals surface area (Å²) in [6, 6.07) is 0. The van der Waals surface area contributed by atoms with Gasteiger partial charge in [-0.3, -0.25) is 0 Å². The minimum absolute atomic E-state index is 0. The molecule has 0 spiro atoms. The predicted molar refractivity (Wildman–Crippen MR) is 20.2 cm³/mol. The SMILES string of the molecule is [Fe+3].[N-]=O.[N-]=O.[N-]=O. The van der Waals surface area contributed by atoms with Crippen molar-refractivity contribution >= 4 is 0 Å². The van der Waals surface area contributed by atoms with Crippen molar-refractivity contribution in [3.05, 3.63) is 31.5 Å². The van der Waals surface area contributed by atoms with Gasteiger partial charge in [0.2, 0.25) is 0 Å². The van der Waals surface area contributed by atoms with Crippen LogP contribution >= 0.6 is 0 Å². The summed E-state index contributed by atoms with van der Waals surface area (Å²) in [6.45, 7) is 0. The van der Waals surface area contributed by atoms with Crippen molar-refractivity contribution in [1.82, 2.24) is 0 Å². The maximum atomic E-state index is 7.25. The van der Waals surface area contributed by atoms with Gasteiger partial charge in [-0.1, -0.05) is 0 Å². The van der Waals surface area contributed by atoms with Gasteiger partial charge in [-0.15, -0.1) is 0 Å². The maximum Gasteiger partial charge on any atom is 3.00 e. The van der Waals surface area contributed by atoms with Crippen molar-refractivity contribution in [2.24, 2.45) is 0 Å². The van der Waals surface area contributed by atoms with E-state index in [2.05, 4.69) is 0 Å². The van der Waals surface area contributed by atoms with Gasteiger partial charge in [0.15, 0.2) is 0 Å². The van der Waals surface area contributed by atoms with Crippen LogP contribution in [0.2, 0.25) is 0 Å². The quantitative estimate of drug-likeness (QED) is 0.473. The molecule has 0 aromatic carbocycles. The van der Waals surface area contributed by atoms with Gasteiger partial charge < -0.3 is 31.5 Å². The Kier molecular flexibility index (Phi) is 1020. The molecule has 0 bridgehead atoms. The molecule has 0 rings (SSSR count). The molecule has 0 heterocycles. The molecule has 0 amide bonds. The molecule has 1 radical (unpaired) electrons. The molecule has 0 aromatic heterocycles. The summed E-state index contributed by atoms with van der Waals surface area (Å²) >= 11 is 0. The molecule has 0 fully saturated rings. The molecule has 7 heteroatoms. The molecule has 0 aromatic rings. The first-order valence-corrected chi connectivity index (χ1v) is 0.548. The number of hydrogen-bond donors (Lipinski definition) is 0. The molecule has 0 aliphatic heterocycles. The van der Waals surface area contributed by atoms with Crippen molar-refractivity contribution in [3.63, 3.8) is 0 Å². The van der Waals surface area contributed by atoms with E-state index in [1.54, 1.807) is 0 Å². The van der Waals surface area contributed by atoms with Gasteiger partial charge in [-0.2, -0.15) is 0 Å². The Hall–Kier alpha value is -0.681. The largest absolute Gasteiger partial charge is 3.00 e. The van der Waals surface area contributed by atoms with Crippen molar-refractivity contribution in [2.75, 3.05) is 0 Å². The van der Waals surface area contributed by atoms with Crippen LogP contribution in [-0.4, -0.2) is 0 Å². The molecule has 0 saturated carbocycles. The zero-order chi connectivity index (χ0) is 6.00. The molecule has 0 saturated heterocycles. The smallest absolute Gasteiger partial charge is 0.577 e. The van der Waals surface area contributed by atoms with Gasteiger partial charge in [-0.25, -0.2) is 0 Å². The topological polar surface area (TPSA) is 118 Å². The average molecular weight is 146 g/mol. The number of rotatable bonds is 0. The first-order valence-electron chi connectivity index (χ1n) is 0.548. The third kappa shape index (κ3) is 127. The van der Waals surface area contributed by atoms with E-state index in [1.807, 2.05) is 0 Å². The fraction of sp³-hybridized carbons (Fsp3) is 0. The van der Waals surface area contributed by atoms with Crippen molar-refractivity contribution in [2.45, 2.75) is 0 Å². The first-order chi connectivity index (χ1) is 3.00. The van der Waals surface area contributed by atoms with E-state index >= 15 is 0 Å². The molecule has 0 unspecified atom stereocenters. The Morgan fingerprint density at radius 3 is 0.571 bits per heavy atom. The van der Waals surface area contributed by atoms with Crippen LogP contribution in [0.5, 0.6) is 0 Å². The maximum absolute atomic E-state index is 7.25. The van der Waals surface area contributed by atoms with Crippen LogP contribution in [0.4, 0.5) is 0 Å². The summed E-state index contributed by atoms with van der Waals surface area (Å²) in [5.41, 5.74) is 17.2. The van der Waals surface area contributed by atoms with E-state index in [4.69, 9.17) is 31.5 Å². The van der Waals surface area contributed by atoms with Crippen molar-refractivity contribution < 1.29 is 17.1 Å². The Balaban J connectivity index is -0.00000000900. The second-order valence-electron chi connectivity index (χ2n) is 0. The van der Waals surface area contributed by atoms with E-state index in [9.17, 15) is 0 Å². The van der Waals surface area contributed by atoms with Crippen LogP contribution in [0.3, 0.4) is 0 Å². The number of nitroso groups, excluding NO2 is 3. The summed E-state index contributed by atoms with van der Waals surface area (Å²) in [6.07, 6.45) is 0. The van der Waals surface area contributed by atoms with Gasteiger partial charge in [-0.05, 0) is 0 Å². The van der Waals surface area contributed by atoms with Crippen LogP contribution in [0, 0.1) is 14.7 Å². The first kappa shape index (κ1) is 33.2. The summed E-state index contributed by atoms with van der Waals surface area (Å²) in [5.74, 6) is 0. The van der Waals surface area contributed by atoms with E-state index in [0.717, 1.165) is 0 Å². The molecule has 0 aliphatic rings. The fourth-order valence-corrected chi connectivity index (χ4v) is 0. The third-order valence-electron chi connectivity index (χ3n) is 0. The Bertz CT molecular complexity index is 14.9. The molecule has 0 aliphatic carbocycles. The van der Waals surface area contributed by atoms with Gasteiger partial charge >= 0.3 is 17.1 Å². The summed E-state index contributed by atoms with van der Waals surface area (Å²) in [7, 11) is 0. The van der Waals surface area contributed by atoms with Gasteiger partial charge in [0, 0.05) is 0 Å². The van der Waals surface area contributed by atoms with E-state index in [-0.39, 0.29) is 17.1 Å². The zero-order valence-corrected chi connectivity index (χ0v) is 4.02. The minimum atomic E-state index is 0. The number of nitrogens with zero attached hydrogens (tertiary/aromatic N) is 3. The summed E-state index contributed by atoms with van der Waals surface area (Å²) in [4.78, 5) is 21.8. The molecule has 0 atom stereocenters. The van der Waals surface area contributed by atoms with Crippen LogP contribution in [0.1, 0.15) is 0 Å². The average Bonchev–Trinajstić information content (AvgIpc) is 1.81. The van der Waals surface area contributed by atoms with Crippen molar-refractivity contribution in [3.8, 4) is 0 Å². The summed E-state index contributed by atoms with van der Waals surface area (Å²) < 4.78 is 0. The van der Waals surface area contributed by atoms with Gasteiger partial charge in [0.05, 0.1) is 0 Å². The molecule has 7 heavy (non-hydrogen) atoms. The van der Waals surface area contributed by atoms with Gasteiger partial charge in [0.1, 0.15) is 0 Å². The molecule has 6 nitrogen and oxygen atoms in total. The predicted octanol–water partition coefficient (Wildman–Crippen LogP) is 0.964. The second-order valence-corrected chi connectivity index (χ2v) is 0. The Labute approximate surface area is 49.4 Å². The molecular weight excluding hydrogens is 146 g/mol. The third-order valence-corrected chi connectivity index (χ3v) is 0. The van der Waals surface area contributed by atoms with E-state index < -0.39 is 0 Å². The molecule has 41 valence electrons. The standard InChI is InChI=1S/Fe.3NO/c;3*1-2/q+3;3*-1. The van der Waals surface area contributed by atoms with E-state index in [0.29, 0.717) is 0 Å². The normalized spacial score (nSPS) is 1.71. The van der Waals surface area contributed by atoms with Crippen LogP contribution in [-0.2, 0) is 17.1 Å². The Morgan fingerprint density at radius 2 is 0.571 bits per heavy atom. The molecular formula is FeN3O3. The second kappa shape index (κ2) is 214. The van der Waals surface area contributed by atoms with Crippen LogP contribution < -0.4 is 0 Å². The zero-order valence-electron chi connectivity index (χ0n) is 2.92. The number of hydrogen-bond acceptors (Lipinski definition) is 3. The van der Waals surface area contributed by atoms with Gasteiger partial charge in [0.25, 0.3) is 0 Å². The van der Waals surface area contributed by atoms with Crippen molar-refractivity contribution in [1.29, 1.82) is 0 Å². The Morgan fingerprint density at radius 1 is 0.571 bits per heavy atom. The fourth-order valence-electron chi connectivity index (χ4n) is 0.